The van der Waals surface area contributed by atoms with Crippen LogP contribution in [0.25, 0.3) is 22.1 Å². The summed E-state index contributed by atoms with van der Waals surface area (Å²) in [4.78, 5) is 12.5. The Morgan fingerprint density at radius 1 is 1.11 bits per heavy atom. The van der Waals surface area contributed by atoms with E-state index >= 15 is 0 Å². The molecule has 3 aromatic heterocycles. The number of nitrogens with two attached hydrogens (primary N) is 1. The minimum Gasteiger partial charge on any atom is -0.382 e. The number of anilines is 1. The topological polar surface area (TPSA) is 150 Å². The normalized spacial score (nSPS) is 12.9. The van der Waals surface area contributed by atoms with Crippen LogP contribution in [0, 0.1) is 0 Å². The van der Waals surface area contributed by atoms with Gasteiger partial charge in [0.25, 0.3) is 10.0 Å². The van der Waals surface area contributed by atoms with Gasteiger partial charge in [0.2, 0.25) is 11.7 Å². The first-order chi connectivity index (χ1) is 18.3. The van der Waals surface area contributed by atoms with Gasteiger partial charge in [-0.1, -0.05) is 24.3 Å². The number of aliphatic hydroxyl groups excluding tert-OH is 1. The Morgan fingerprint density at radius 3 is 2.74 bits per heavy atom. The van der Waals surface area contributed by atoms with E-state index in [0.29, 0.717) is 42.8 Å². The molecule has 3 heterocycles. The van der Waals surface area contributed by atoms with Crippen molar-refractivity contribution >= 4 is 49.5 Å². The zero-order valence-corrected chi connectivity index (χ0v) is 21.8. The number of fused-ring (bicyclic) bond motifs is 2. The first kappa shape index (κ1) is 26.1. The Hall–Kier alpha value is -3.55. The lowest BCUT2D eigenvalue weighted by molar-refractivity contribution is -0.122. The van der Waals surface area contributed by atoms with Crippen molar-refractivity contribution in [1.82, 2.24) is 28.8 Å². The number of hydrogen-bond acceptors (Lipinski definition) is 9. The monoisotopic (exact) mass is 555 g/mol. The molecule has 0 unspecified atom stereocenters. The number of unbranched alkanes of at least 4 members (excludes halogenated alkanes) is 1. The van der Waals surface area contributed by atoms with Crippen LogP contribution < -0.4 is 11.1 Å². The molecule has 0 saturated carbocycles. The van der Waals surface area contributed by atoms with Crippen molar-refractivity contribution < 1.29 is 18.3 Å². The molecule has 0 aliphatic rings. The number of nitrogens with zero attached hydrogens (tertiary/aromatic N) is 5. The molecule has 0 bridgehead atoms. The number of benzene rings is 2. The van der Waals surface area contributed by atoms with Crippen LogP contribution in [0.4, 0.5) is 5.82 Å². The lowest BCUT2D eigenvalue weighted by Gasteiger charge is -2.14. The zero-order valence-electron chi connectivity index (χ0n) is 20.2. The molecule has 198 valence electrons. The highest BCUT2D eigenvalue weighted by molar-refractivity contribution is 7.90. The van der Waals surface area contributed by atoms with E-state index in [9.17, 15) is 13.5 Å². The molecule has 0 fully saturated rings. The zero-order chi connectivity index (χ0) is 26.7. The third-order valence-corrected chi connectivity index (χ3v) is 7.91. The van der Waals surface area contributed by atoms with Gasteiger partial charge in [-0.05, 0) is 60.3 Å². The summed E-state index contributed by atoms with van der Waals surface area (Å²) in [7, 11) is -3.69. The van der Waals surface area contributed by atoms with Gasteiger partial charge in [-0.2, -0.15) is 9.97 Å². The molecule has 13 heteroatoms. The second kappa shape index (κ2) is 11.1. The minimum absolute atomic E-state index is 0.0724. The van der Waals surface area contributed by atoms with Gasteiger partial charge in [-0.25, -0.2) is 17.4 Å². The van der Waals surface area contributed by atoms with E-state index in [1.807, 2.05) is 16.7 Å². The average molecular weight is 556 g/mol. The number of aliphatic hydroxyl groups is 1. The van der Waals surface area contributed by atoms with Crippen molar-refractivity contribution in [2.45, 2.75) is 37.2 Å². The van der Waals surface area contributed by atoms with Crippen LogP contribution in [-0.2, 0) is 27.8 Å². The van der Waals surface area contributed by atoms with Crippen LogP contribution in [-0.4, -0.2) is 50.0 Å². The number of rotatable bonds is 11. The number of nitrogens with one attached hydrogen (secondary N) is 1. The fraction of sp³-hybridized carbons (Fsp3) is 0.240. The fourth-order valence-electron chi connectivity index (χ4n) is 4.14. The van der Waals surface area contributed by atoms with Crippen molar-refractivity contribution in [2.24, 2.45) is 0 Å². The standard InChI is InChI=1S/C25H26ClN7O4S/c26-24-30-22(27)21-23(31-24)32(16-29-21)11-4-5-13-37-25(34)28-15-17-8-9-20-18(14-17)10-12-33(20)38(35,36)19-6-2-1-3-7-19/h1-3,6-10,12,14,16,25,28,34H,4-5,11,13,15H2,(H2,27,30,31)/t25-/m1/s1. The summed E-state index contributed by atoms with van der Waals surface area (Å²) >= 11 is 5.89. The van der Waals surface area contributed by atoms with Gasteiger partial charge in [0.05, 0.1) is 23.3 Å². The van der Waals surface area contributed by atoms with E-state index in [4.69, 9.17) is 22.1 Å². The highest BCUT2D eigenvalue weighted by Gasteiger charge is 2.18. The summed E-state index contributed by atoms with van der Waals surface area (Å²) in [5, 5.41) is 13.9. The Balaban J connectivity index is 1.10. The van der Waals surface area contributed by atoms with Gasteiger partial charge >= 0.3 is 0 Å². The summed E-state index contributed by atoms with van der Waals surface area (Å²) in [6.07, 6.45) is 3.51. The van der Waals surface area contributed by atoms with Crippen molar-refractivity contribution in [2.75, 3.05) is 12.3 Å². The number of imidazole rings is 1. The molecular weight excluding hydrogens is 530 g/mol. The highest BCUT2D eigenvalue weighted by atomic mass is 35.5. The van der Waals surface area contributed by atoms with E-state index in [1.54, 1.807) is 55.0 Å². The first-order valence-electron chi connectivity index (χ1n) is 11.9. The molecule has 5 rings (SSSR count). The Kier molecular flexibility index (Phi) is 7.58. The predicted octanol–water partition coefficient (Wildman–Crippen LogP) is 3.12. The van der Waals surface area contributed by atoms with Gasteiger partial charge in [0, 0.05) is 24.7 Å². The predicted molar refractivity (Wildman–Crippen MR) is 144 cm³/mol. The smallest absolute Gasteiger partial charge is 0.268 e. The summed E-state index contributed by atoms with van der Waals surface area (Å²) in [6.45, 7) is 1.32. The van der Waals surface area contributed by atoms with Gasteiger partial charge in [0.1, 0.15) is 5.52 Å². The summed E-state index contributed by atoms with van der Waals surface area (Å²) in [6, 6.07) is 15.5. The fourth-order valence-corrected chi connectivity index (χ4v) is 5.68. The molecule has 2 aromatic carbocycles. The van der Waals surface area contributed by atoms with Gasteiger partial charge in [0.15, 0.2) is 11.5 Å². The molecule has 0 aliphatic heterocycles. The van der Waals surface area contributed by atoms with Crippen LogP contribution in [0.3, 0.4) is 0 Å². The highest BCUT2D eigenvalue weighted by Crippen LogP contribution is 2.23. The molecule has 38 heavy (non-hydrogen) atoms. The van der Waals surface area contributed by atoms with Crippen LogP contribution >= 0.6 is 11.6 Å². The second-order valence-electron chi connectivity index (χ2n) is 8.62. The number of aryl methyl sites for hydroxylation is 1. The van der Waals surface area contributed by atoms with Gasteiger partial charge in [-0.15, -0.1) is 0 Å². The summed E-state index contributed by atoms with van der Waals surface area (Å²) in [5.41, 5.74) is 8.37. The van der Waals surface area contributed by atoms with E-state index in [0.717, 1.165) is 17.4 Å². The van der Waals surface area contributed by atoms with E-state index in [2.05, 4.69) is 20.3 Å². The summed E-state index contributed by atoms with van der Waals surface area (Å²) < 4.78 is 34.6. The number of hydrogen-bond donors (Lipinski definition) is 3. The Morgan fingerprint density at radius 2 is 1.92 bits per heavy atom. The first-order valence-corrected chi connectivity index (χ1v) is 13.7. The molecular formula is C25H26ClN7O4S. The molecule has 1 atom stereocenters. The Bertz CT molecular complexity index is 1670. The molecule has 0 radical (unpaired) electrons. The van der Waals surface area contributed by atoms with E-state index < -0.39 is 16.4 Å². The van der Waals surface area contributed by atoms with Gasteiger partial charge < -0.3 is 20.1 Å². The molecule has 0 saturated heterocycles. The van der Waals surface area contributed by atoms with Crippen molar-refractivity contribution in [3.8, 4) is 0 Å². The number of nitrogen functional groups attached to an aromatic ring is 1. The van der Waals surface area contributed by atoms with E-state index in [-0.39, 0.29) is 16.0 Å². The third-order valence-electron chi connectivity index (χ3n) is 6.03. The van der Waals surface area contributed by atoms with Crippen molar-refractivity contribution in [3.63, 3.8) is 0 Å². The maximum Gasteiger partial charge on any atom is 0.268 e. The lowest BCUT2D eigenvalue weighted by Crippen LogP contribution is -2.31. The van der Waals surface area contributed by atoms with Crippen molar-refractivity contribution in [3.05, 3.63) is 78.0 Å². The molecule has 11 nitrogen and oxygen atoms in total. The second-order valence-corrected chi connectivity index (χ2v) is 10.8. The molecule has 5 aromatic rings. The Labute approximate surface area is 223 Å². The average Bonchev–Trinajstić information content (AvgIpc) is 3.52. The summed E-state index contributed by atoms with van der Waals surface area (Å²) in [5.74, 6) is 0.241. The minimum atomic E-state index is -3.69. The maximum atomic E-state index is 13.0. The lowest BCUT2D eigenvalue weighted by atomic mass is 10.1. The maximum absolute atomic E-state index is 13.0. The van der Waals surface area contributed by atoms with Crippen LogP contribution in [0.5, 0.6) is 0 Å². The third kappa shape index (κ3) is 5.49. The molecule has 4 N–H and O–H groups in total. The van der Waals surface area contributed by atoms with Gasteiger partial charge in [-0.3, -0.25) is 5.32 Å². The molecule has 0 spiro atoms. The van der Waals surface area contributed by atoms with E-state index in [1.165, 1.54) is 3.97 Å². The van der Waals surface area contributed by atoms with Crippen LogP contribution in [0.15, 0.2) is 72.0 Å². The number of ether oxygens (including phenoxy) is 1. The molecule has 0 amide bonds. The van der Waals surface area contributed by atoms with Crippen LogP contribution in [0.1, 0.15) is 18.4 Å². The SMILES string of the molecule is Nc1nc(Cl)nc2c1ncn2CCCCO[C@@H](O)NCc1ccc2c(ccn2S(=O)(=O)c2ccccc2)c1. The largest absolute Gasteiger partial charge is 0.382 e. The quantitative estimate of drug-likeness (QED) is 0.127. The number of aromatic nitrogens is 5. The number of halogens is 1. The molecule has 0 aliphatic carbocycles. The van der Waals surface area contributed by atoms with Crippen LogP contribution in [0.2, 0.25) is 5.28 Å². The van der Waals surface area contributed by atoms with Crippen molar-refractivity contribution in [1.29, 1.82) is 0 Å².